The zero-order chi connectivity index (χ0) is 12.1. The standard InChI is InChI=1S/C15H28N2/c1-2-12-17(14-6-4-3-5-7-14)15-10-8-13(16)9-11-15/h4,6,13-15H,2-3,5,7-12,16H2,1H3. The van der Waals surface area contributed by atoms with Crippen molar-refractivity contribution in [3.8, 4) is 0 Å². The number of hydrogen-bond acceptors (Lipinski definition) is 2. The molecule has 0 radical (unpaired) electrons. The highest BCUT2D eigenvalue weighted by Crippen LogP contribution is 2.27. The van der Waals surface area contributed by atoms with E-state index >= 15 is 0 Å². The van der Waals surface area contributed by atoms with Gasteiger partial charge >= 0.3 is 0 Å². The normalized spacial score (nSPS) is 34.2. The van der Waals surface area contributed by atoms with Gasteiger partial charge in [-0.2, -0.15) is 0 Å². The Bertz CT molecular complexity index is 241. The lowest BCUT2D eigenvalue weighted by Gasteiger charge is -2.41. The van der Waals surface area contributed by atoms with Crippen molar-refractivity contribution in [1.82, 2.24) is 4.90 Å². The zero-order valence-electron chi connectivity index (χ0n) is 11.3. The van der Waals surface area contributed by atoms with Crippen LogP contribution in [0.1, 0.15) is 58.3 Å². The second-order valence-electron chi connectivity index (χ2n) is 5.73. The molecular weight excluding hydrogens is 208 g/mol. The van der Waals surface area contributed by atoms with Gasteiger partial charge in [0.05, 0.1) is 0 Å². The summed E-state index contributed by atoms with van der Waals surface area (Å²) in [6.07, 6.45) is 15.2. The molecule has 0 bridgehead atoms. The molecule has 1 fully saturated rings. The molecule has 2 rings (SSSR count). The zero-order valence-corrected chi connectivity index (χ0v) is 11.3. The van der Waals surface area contributed by atoms with E-state index in [0.717, 1.165) is 6.04 Å². The van der Waals surface area contributed by atoms with Crippen molar-refractivity contribution in [2.45, 2.75) is 76.4 Å². The molecule has 0 aliphatic heterocycles. The molecule has 2 N–H and O–H groups in total. The van der Waals surface area contributed by atoms with Gasteiger partial charge in [0.2, 0.25) is 0 Å². The number of allylic oxidation sites excluding steroid dienone is 1. The SMILES string of the molecule is CCCN(C1C=CCCC1)C1CCC(N)CC1. The van der Waals surface area contributed by atoms with Gasteiger partial charge < -0.3 is 5.73 Å². The van der Waals surface area contributed by atoms with E-state index in [4.69, 9.17) is 5.73 Å². The van der Waals surface area contributed by atoms with Crippen LogP contribution in [-0.2, 0) is 0 Å². The third-order valence-electron chi connectivity index (χ3n) is 4.35. The van der Waals surface area contributed by atoms with Gasteiger partial charge in [0.25, 0.3) is 0 Å². The molecule has 17 heavy (non-hydrogen) atoms. The van der Waals surface area contributed by atoms with Crippen LogP contribution in [-0.4, -0.2) is 29.6 Å². The Morgan fingerprint density at radius 2 is 1.94 bits per heavy atom. The second-order valence-corrected chi connectivity index (χ2v) is 5.73. The Kier molecular flexibility index (Phi) is 5.05. The van der Waals surface area contributed by atoms with Crippen LogP contribution in [0.4, 0.5) is 0 Å². The van der Waals surface area contributed by atoms with E-state index in [1.165, 1.54) is 57.9 Å². The molecule has 1 unspecified atom stereocenters. The second kappa shape index (κ2) is 6.55. The maximum Gasteiger partial charge on any atom is 0.0281 e. The molecule has 2 aliphatic rings. The van der Waals surface area contributed by atoms with E-state index in [1.54, 1.807) is 0 Å². The van der Waals surface area contributed by atoms with Gasteiger partial charge in [-0.25, -0.2) is 0 Å². The highest BCUT2D eigenvalue weighted by molar-refractivity contribution is 5.00. The molecule has 0 aromatic rings. The third-order valence-corrected chi connectivity index (χ3v) is 4.35. The van der Waals surface area contributed by atoms with Crippen LogP contribution < -0.4 is 5.73 Å². The monoisotopic (exact) mass is 236 g/mol. The van der Waals surface area contributed by atoms with Gasteiger partial charge in [-0.1, -0.05) is 19.1 Å². The highest BCUT2D eigenvalue weighted by Gasteiger charge is 2.28. The Morgan fingerprint density at radius 1 is 1.18 bits per heavy atom. The minimum Gasteiger partial charge on any atom is -0.328 e. The Morgan fingerprint density at radius 3 is 2.53 bits per heavy atom. The van der Waals surface area contributed by atoms with E-state index in [-0.39, 0.29) is 0 Å². The van der Waals surface area contributed by atoms with Gasteiger partial charge in [-0.05, 0) is 57.9 Å². The van der Waals surface area contributed by atoms with Crippen LogP contribution >= 0.6 is 0 Å². The predicted molar refractivity (Wildman–Crippen MR) is 74.0 cm³/mol. The first-order chi connectivity index (χ1) is 8.31. The van der Waals surface area contributed by atoms with Gasteiger partial charge in [0.15, 0.2) is 0 Å². The topological polar surface area (TPSA) is 29.3 Å². The minimum atomic E-state index is 0.469. The summed E-state index contributed by atoms with van der Waals surface area (Å²) in [7, 11) is 0. The van der Waals surface area contributed by atoms with Crippen molar-refractivity contribution in [3.05, 3.63) is 12.2 Å². The van der Waals surface area contributed by atoms with Crippen molar-refractivity contribution in [1.29, 1.82) is 0 Å². The summed E-state index contributed by atoms with van der Waals surface area (Å²) < 4.78 is 0. The molecule has 0 aromatic carbocycles. The summed E-state index contributed by atoms with van der Waals surface area (Å²) in [6, 6.07) is 1.97. The van der Waals surface area contributed by atoms with E-state index in [9.17, 15) is 0 Å². The number of nitrogens with zero attached hydrogens (tertiary/aromatic N) is 1. The summed E-state index contributed by atoms with van der Waals surface area (Å²) in [5, 5.41) is 0. The average molecular weight is 236 g/mol. The van der Waals surface area contributed by atoms with Crippen LogP contribution in [0.25, 0.3) is 0 Å². The molecule has 0 heterocycles. The first-order valence-corrected chi connectivity index (χ1v) is 7.49. The fourth-order valence-corrected chi connectivity index (χ4v) is 3.38. The van der Waals surface area contributed by atoms with Crippen LogP contribution in [0.15, 0.2) is 12.2 Å². The van der Waals surface area contributed by atoms with Gasteiger partial charge in [0.1, 0.15) is 0 Å². The van der Waals surface area contributed by atoms with Crippen molar-refractivity contribution in [3.63, 3.8) is 0 Å². The molecule has 2 heteroatoms. The Hall–Kier alpha value is -0.340. The maximum atomic E-state index is 6.02. The highest BCUT2D eigenvalue weighted by atomic mass is 15.2. The lowest BCUT2D eigenvalue weighted by Crippen LogP contribution is -2.46. The van der Waals surface area contributed by atoms with Crippen LogP contribution in [0.3, 0.4) is 0 Å². The largest absolute Gasteiger partial charge is 0.328 e. The summed E-state index contributed by atoms with van der Waals surface area (Å²) in [5.41, 5.74) is 6.02. The van der Waals surface area contributed by atoms with Gasteiger partial charge in [-0.15, -0.1) is 0 Å². The first-order valence-electron chi connectivity index (χ1n) is 7.49. The molecule has 0 saturated heterocycles. The van der Waals surface area contributed by atoms with E-state index in [0.29, 0.717) is 12.1 Å². The number of rotatable bonds is 4. The van der Waals surface area contributed by atoms with E-state index in [2.05, 4.69) is 24.0 Å². The fourth-order valence-electron chi connectivity index (χ4n) is 3.38. The maximum absolute atomic E-state index is 6.02. The fraction of sp³-hybridized carbons (Fsp3) is 0.867. The Balaban J connectivity index is 1.95. The summed E-state index contributed by atoms with van der Waals surface area (Å²) in [6.45, 7) is 3.56. The molecule has 98 valence electrons. The van der Waals surface area contributed by atoms with Crippen molar-refractivity contribution >= 4 is 0 Å². The van der Waals surface area contributed by atoms with Crippen LogP contribution in [0.5, 0.6) is 0 Å². The minimum absolute atomic E-state index is 0.469. The molecule has 2 nitrogen and oxygen atoms in total. The predicted octanol–water partition coefficient (Wildman–Crippen LogP) is 3.08. The van der Waals surface area contributed by atoms with Gasteiger partial charge in [-0.3, -0.25) is 4.90 Å². The molecular formula is C15H28N2. The van der Waals surface area contributed by atoms with E-state index < -0.39 is 0 Å². The van der Waals surface area contributed by atoms with Crippen molar-refractivity contribution in [2.75, 3.05) is 6.54 Å². The number of nitrogens with two attached hydrogens (primary N) is 1. The molecule has 2 aliphatic carbocycles. The molecule has 0 amide bonds. The molecule has 0 spiro atoms. The first kappa shape index (κ1) is 13.1. The molecule has 1 saturated carbocycles. The lowest BCUT2D eigenvalue weighted by atomic mass is 9.88. The van der Waals surface area contributed by atoms with Gasteiger partial charge in [0, 0.05) is 18.1 Å². The van der Waals surface area contributed by atoms with E-state index in [1.807, 2.05) is 0 Å². The lowest BCUT2D eigenvalue weighted by molar-refractivity contribution is 0.113. The molecule has 1 atom stereocenters. The smallest absolute Gasteiger partial charge is 0.0281 e. The quantitative estimate of drug-likeness (QED) is 0.760. The van der Waals surface area contributed by atoms with Crippen LogP contribution in [0.2, 0.25) is 0 Å². The van der Waals surface area contributed by atoms with Crippen molar-refractivity contribution in [2.24, 2.45) is 5.73 Å². The Labute approximate surface area is 106 Å². The summed E-state index contributed by atoms with van der Waals surface area (Å²) in [4.78, 5) is 2.77. The summed E-state index contributed by atoms with van der Waals surface area (Å²) >= 11 is 0. The molecule has 0 aromatic heterocycles. The average Bonchev–Trinajstić information content (AvgIpc) is 2.38. The number of hydrogen-bond donors (Lipinski definition) is 1. The third kappa shape index (κ3) is 3.56. The summed E-state index contributed by atoms with van der Waals surface area (Å²) in [5.74, 6) is 0. The van der Waals surface area contributed by atoms with Crippen LogP contribution in [0, 0.1) is 0 Å². The van der Waals surface area contributed by atoms with Crippen molar-refractivity contribution < 1.29 is 0 Å².